The van der Waals surface area contributed by atoms with Crippen molar-refractivity contribution in [3.8, 4) is 0 Å². The van der Waals surface area contributed by atoms with Crippen molar-refractivity contribution in [1.29, 1.82) is 0 Å². The number of nitrogens with zero attached hydrogens (tertiary/aromatic N) is 2. The van der Waals surface area contributed by atoms with Gasteiger partial charge in [0.25, 0.3) is 0 Å². The second-order valence-corrected chi connectivity index (χ2v) is 5.03. The molecule has 0 spiro atoms. The van der Waals surface area contributed by atoms with E-state index >= 15 is 0 Å². The van der Waals surface area contributed by atoms with E-state index in [1.165, 1.54) is 12.5 Å². The van der Waals surface area contributed by atoms with Crippen LogP contribution < -0.4 is 0 Å². The summed E-state index contributed by atoms with van der Waals surface area (Å²) in [4.78, 5) is 3.82. The molecule has 1 saturated carbocycles. The number of rotatable bonds is 2. The molecule has 0 aliphatic heterocycles. The summed E-state index contributed by atoms with van der Waals surface area (Å²) in [5.41, 5.74) is 0. The van der Waals surface area contributed by atoms with Crippen molar-refractivity contribution in [2.75, 3.05) is 6.26 Å². The highest BCUT2D eigenvalue weighted by molar-refractivity contribution is 7.90. The van der Waals surface area contributed by atoms with E-state index in [1.54, 1.807) is 10.8 Å². The lowest BCUT2D eigenvalue weighted by Gasteiger charge is -2.02. The third kappa shape index (κ3) is 1.24. The Kier molecular flexibility index (Phi) is 1.51. The largest absolute Gasteiger partial charge is 0.319 e. The molecule has 1 aliphatic carbocycles. The number of hydrogen-bond donors (Lipinski definition) is 0. The molecule has 1 heterocycles. The van der Waals surface area contributed by atoms with Crippen LogP contribution in [0.25, 0.3) is 0 Å². The highest BCUT2D eigenvalue weighted by Crippen LogP contribution is 2.36. The Balaban J connectivity index is 2.49. The molecule has 1 aliphatic rings. The molecule has 0 aromatic carbocycles. The SMILES string of the molecule is CS(=O)(=O)c1nccn1C1CC1. The predicted molar refractivity (Wildman–Crippen MR) is 43.6 cm³/mol. The summed E-state index contributed by atoms with van der Waals surface area (Å²) in [6, 6.07) is 0.372. The Morgan fingerprint density at radius 3 is 2.75 bits per heavy atom. The first-order valence-electron chi connectivity index (χ1n) is 3.82. The molecule has 0 radical (unpaired) electrons. The van der Waals surface area contributed by atoms with Crippen molar-refractivity contribution in [2.45, 2.75) is 24.0 Å². The Morgan fingerprint density at radius 2 is 2.25 bits per heavy atom. The maximum atomic E-state index is 11.2. The van der Waals surface area contributed by atoms with Crippen LogP contribution in [-0.2, 0) is 9.84 Å². The van der Waals surface area contributed by atoms with Crippen molar-refractivity contribution < 1.29 is 8.42 Å². The van der Waals surface area contributed by atoms with E-state index in [4.69, 9.17) is 0 Å². The van der Waals surface area contributed by atoms with Gasteiger partial charge in [-0.2, -0.15) is 0 Å². The van der Waals surface area contributed by atoms with Gasteiger partial charge in [-0.05, 0) is 12.8 Å². The zero-order valence-electron chi connectivity index (χ0n) is 6.77. The van der Waals surface area contributed by atoms with E-state index in [9.17, 15) is 8.42 Å². The summed E-state index contributed by atoms with van der Waals surface area (Å²) in [5, 5.41) is 0.199. The fourth-order valence-corrected chi connectivity index (χ4v) is 2.06. The first kappa shape index (κ1) is 7.79. The number of aromatic nitrogens is 2. The molecule has 0 amide bonds. The first-order chi connectivity index (χ1) is 5.59. The van der Waals surface area contributed by atoms with E-state index < -0.39 is 9.84 Å². The molecule has 66 valence electrons. The van der Waals surface area contributed by atoms with Gasteiger partial charge < -0.3 is 4.57 Å². The summed E-state index contributed by atoms with van der Waals surface area (Å²) < 4.78 is 24.1. The van der Waals surface area contributed by atoms with Gasteiger partial charge in [-0.15, -0.1) is 0 Å². The van der Waals surface area contributed by atoms with E-state index in [-0.39, 0.29) is 5.16 Å². The lowest BCUT2D eigenvalue weighted by atomic mass is 10.7. The summed E-state index contributed by atoms with van der Waals surface area (Å²) in [6.07, 6.45) is 6.59. The minimum Gasteiger partial charge on any atom is -0.319 e. The normalized spacial score (nSPS) is 18.1. The van der Waals surface area contributed by atoms with Gasteiger partial charge in [-0.3, -0.25) is 0 Å². The minimum absolute atomic E-state index is 0.199. The molecule has 12 heavy (non-hydrogen) atoms. The van der Waals surface area contributed by atoms with Crippen molar-refractivity contribution in [2.24, 2.45) is 0 Å². The van der Waals surface area contributed by atoms with Crippen LogP contribution in [0.2, 0.25) is 0 Å². The number of sulfone groups is 1. The predicted octanol–water partition coefficient (Wildman–Crippen LogP) is 0.621. The van der Waals surface area contributed by atoms with E-state index in [0.717, 1.165) is 12.8 Å². The summed E-state index contributed by atoms with van der Waals surface area (Å²) in [6.45, 7) is 0. The average molecular weight is 186 g/mol. The van der Waals surface area contributed by atoms with Gasteiger partial charge in [-0.1, -0.05) is 0 Å². The van der Waals surface area contributed by atoms with Crippen molar-refractivity contribution in [3.05, 3.63) is 12.4 Å². The Labute approximate surface area is 71.1 Å². The van der Waals surface area contributed by atoms with E-state index in [2.05, 4.69) is 4.98 Å². The molecule has 4 nitrogen and oxygen atoms in total. The number of hydrogen-bond acceptors (Lipinski definition) is 3. The van der Waals surface area contributed by atoms with Crippen LogP contribution in [0.1, 0.15) is 18.9 Å². The van der Waals surface area contributed by atoms with E-state index in [0.29, 0.717) is 6.04 Å². The van der Waals surface area contributed by atoms with Crippen molar-refractivity contribution in [3.63, 3.8) is 0 Å². The molecule has 5 heteroatoms. The van der Waals surface area contributed by atoms with E-state index in [1.807, 2.05) is 0 Å². The fourth-order valence-electron chi connectivity index (χ4n) is 1.22. The molecule has 0 atom stereocenters. The molecule has 0 saturated heterocycles. The minimum atomic E-state index is -3.14. The lowest BCUT2D eigenvalue weighted by Crippen LogP contribution is -2.07. The maximum absolute atomic E-state index is 11.2. The fraction of sp³-hybridized carbons (Fsp3) is 0.571. The quantitative estimate of drug-likeness (QED) is 0.680. The van der Waals surface area contributed by atoms with Crippen LogP contribution in [0.3, 0.4) is 0 Å². The standard InChI is InChI=1S/C7H10N2O2S/c1-12(10,11)7-8-4-5-9(7)6-2-3-6/h4-6H,2-3H2,1H3. The molecular formula is C7H10N2O2S. The molecule has 0 N–H and O–H groups in total. The van der Waals surface area contributed by atoms with Crippen LogP contribution in [0, 0.1) is 0 Å². The number of imidazole rings is 1. The highest BCUT2D eigenvalue weighted by Gasteiger charge is 2.28. The van der Waals surface area contributed by atoms with Crippen LogP contribution in [0.4, 0.5) is 0 Å². The smallest absolute Gasteiger partial charge is 0.227 e. The average Bonchev–Trinajstić information content (AvgIpc) is 2.65. The monoisotopic (exact) mass is 186 g/mol. The lowest BCUT2D eigenvalue weighted by molar-refractivity contribution is 0.570. The molecule has 1 aromatic rings. The molecule has 1 aromatic heterocycles. The Hall–Kier alpha value is -0.840. The summed E-state index contributed by atoms with van der Waals surface area (Å²) in [5.74, 6) is 0. The van der Waals surface area contributed by atoms with Crippen LogP contribution in [-0.4, -0.2) is 24.2 Å². The molecule has 0 bridgehead atoms. The van der Waals surface area contributed by atoms with Gasteiger partial charge in [-0.25, -0.2) is 13.4 Å². The Morgan fingerprint density at radius 1 is 1.58 bits per heavy atom. The van der Waals surface area contributed by atoms with Gasteiger partial charge in [0.1, 0.15) is 0 Å². The third-order valence-electron chi connectivity index (χ3n) is 1.91. The van der Waals surface area contributed by atoms with Crippen molar-refractivity contribution in [1.82, 2.24) is 9.55 Å². The summed E-state index contributed by atoms with van der Waals surface area (Å²) >= 11 is 0. The highest BCUT2D eigenvalue weighted by atomic mass is 32.2. The van der Waals surface area contributed by atoms with Gasteiger partial charge in [0.2, 0.25) is 15.0 Å². The topological polar surface area (TPSA) is 52.0 Å². The zero-order valence-corrected chi connectivity index (χ0v) is 7.58. The van der Waals surface area contributed by atoms with Crippen LogP contribution in [0.5, 0.6) is 0 Å². The van der Waals surface area contributed by atoms with Crippen LogP contribution in [0.15, 0.2) is 17.6 Å². The first-order valence-corrected chi connectivity index (χ1v) is 5.71. The van der Waals surface area contributed by atoms with Crippen LogP contribution >= 0.6 is 0 Å². The third-order valence-corrected chi connectivity index (χ3v) is 2.88. The Bertz CT molecular complexity index is 389. The van der Waals surface area contributed by atoms with Gasteiger partial charge in [0.15, 0.2) is 0 Å². The zero-order chi connectivity index (χ0) is 8.77. The second-order valence-electron chi connectivity index (χ2n) is 3.12. The van der Waals surface area contributed by atoms with Gasteiger partial charge >= 0.3 is 0 Å². The second kappa shape index (κ2) is 2.32. The molecule has 0 unspecified atom stereocenters. The van der Waals surface area contributed by atoms with Gasteiger partial charge in [0.05, 0.1) is 0 Å². The van der Waals surface area contributed by atoms with Gasteiger partial charge in [0, 0.05) is 24.7 Å². The van der Waals surface area contributed by atoms with Crippen molar-refractivity contribution >= 4 is 9.84 Å². The molecule has 1 fully saturated rings. The molecular weight excluding hydrogens is 176 g/mol. The summed E-state index contributed by atoms with van der Waals surface area (Å²) in [7, 11) is -3.14. The molecule has 2 rings (SSSR count). The maximum Gasteiger partial charge on any atom is 0.227 e.